The number of likely N-dealkylation sites (tertiary alicyclic amines) is 1. The van der Waals surface area contributed by atoms with Gasteiger partial charge >= 0.3 is 6.36 Å². The molecule has 1 amide bonds. The lowest BCUT2D eigenvalue weighted by Crippen LogP contribution is -2.38. The van der Waals surface area contributed by atoms with Crippen molar-refractivity contribution in [3.63, 3.8) is 0 Å². The van der Waals surface area contributed by atoms with Crippen LogP contribution in [0.3, 0.4) is 0 Å². The summed E-state index contributed by atoms with van der Waals surface area (Å²) >= 11 is 0. The molecule has 6 nitrogen and oxygen atoms in total. The average Bonchev–Trinajstić information content (AvgIpc) is 2.87. The predicted molar refractivity (Wildman–Crippen MR) is 127 cm³/mol. The number of halogens is 3. The molecular formula is C26H27F3N4O2. The zero-order valence-corrected chi connectivity index (χ0v) is 19.1. The minimum atomic E-state index is -4.72. The molecule has 2 aromatic carbocycles. The molecule has 4 rings (SSSR count). The fourth-order valence-electron chi connectivity index (χ4n) is 4.24. The van der Waals surface area contributed by atoms with E-state index in [9.17, 15) is 18.0 Å². The Bertz CT molecular complexity index is 1140. The van der Waals surface area contributed by atoms with Gasteiger partial charge in [0.2, 0.25) is 0 Å². The second-order valence-corrected chi connectivity index (χ2v) is 8.52. The number of nitrogens with two attached hydrogens (primary N) is 1. The van der Waals surface area contributed by atoms with Crippen LogP contribution < -0.4 is 15.8 Å². The molecule has 1 aliphatic heterocycles. The van der Waals surface area contributed by atoms with Gasteiger partial charge in [0.25, 0.3) is 5.91 Å². The normalized spacial score (nSPS) is 14.6. The number of ether oxygens (including phenoxy) is 1. The van der Waals surface area contributed by atoms with Crippen molar-refractivity contribution in [1.29, 1.82) is 0 Å². The summed E-state index contributed by atoms with van der Waals surface area (Å²) in [6, 6.07) is 15.7. The third-order valence-electron chi connectivity index (χ3n) is 6.08. The van der Waals surface area contributed by atoms with E-state index in [2.05, 4.69) is 27.2 Å². The van der Waals surface area contributed by atoms with Gasteiger partial charge in [-0.1, -0.05) is 36.4 Å². The van der Waals surface area contributed by atoms with Crippen LogP contribution in [0, 0.1) is 0 Å². The molecule has 1 aliphatic rings. The van der Waals surface area contributed by atoms with Crippen molar-refractivity contribution in [1.82, 2.24) is 9.88 Å². The first-order valence-corrected chi connectivity index (χ1v) is 11.4. The number of rotatable bonds is 7. The lowest BCUT2D eigenvalue weighted by atomic mass is 9.88. The highest BCUT2D eigenvalue weighted by atomic mass is 19.4. The van der Waals surface area contributed by atoms with E-state index >= 15 is 0 Å². The summed E-state index contributed by atoms with van der Waals surface area (Å²) < 4.78 is 40.8. The van der Waals surface area contributed by atoms with Crippen molar-refractivity contribution < 1.29 is 22.7 Å². The molecule has 0 spiro atoms. The van der Waals surface area contributed by atoms with Gasteiger partial charge in [-0.05, 0) is 53.6 Å². The number of aromatic nitrogens is 1. The smallest absolute Gasteiger partial charge is 0.406 e. The largest absolute Gasteiger partial charge is 0.573 e. The first-order chi connectivity index (χ1) is 16.8. The molecule has 2 heterocycles. The molecule has 1 saturated heterocycles. The van der Waals surface area contributed by atoms with Crippen LogP contribution in [0.1, 0.15) is 45.8 Å². The molecule has 0 bridgehead atoms. The predicted octanol–water partition coefficient (Wildman–Crippen LogP) is 5.07. The lowest BCUT2D eigenvalue weighted by Gasteiger charge is -2.32. The first-order valence-electron chi connectivity index (χ1n) is 11.4. The van der Waals surface area contributed by atoms with Crippen LogP contribution in [-0.4, -0.2) is 35.2 Å². The summed E-state index contributed by atoms with van der Waals surface area (Å²) in [5, 5.41) is 3.16. The molecular weight excluding hydrogens is 457 g/mol. The van der Waals surface area contributed by atoms with Crippen molar-refractivity contribution in [3.8, 4) is 5.75 Å². The number of hydrogen-bond donors (Lipinski definition) is 2. The molecule has 35 heavy (non-hydrogen) atoms. The molecule has 1 fully saturated rings. The van der Waals surface area contributed by atoms with Gasteiger partial charge in [-0.15, -0.1) is 13.2 Å². The summed E-state index contributed by atoms with van der Waals surface area (Å²) in [5.41, 5.74) is 10.1. The van der Waals surface area contributed by atoms with Crippen LogP contribution in [0.4, 0.5) is 18.9 Å². The molecule has 0 aliphatic carbocycles. The second kappa shape index (κ2) is 10.8. The lowest BCUT2D eigenvalue weighted by molar-refractivity contribution is -0.274. The fourth-order valence-corrected chi connectivity index (χ4v) is 4.24. The molecule has 184 valence electrons. The number of amides is 1. The van der Waals surface area contributed by atoms with Crippen molar-refractivity contribution in [2.45, 2.75) is 38.2 Å². The van der Waals surface area contributed by atoms with Gasteiger partial charge in [0.15, 0.2) is 0 Å². The molecule has 0 radical (unpaired) electrons. The Morgan fingerprint density at radius 2 is 1.80 bits per heavy atom. The maximum absolute atomic E-state index is 13.1. The maximum Gasteiger partial charge on any atom is 0.573 e. The van der Waals surface area contributed by atoms with Gasteiger partial charge in [-0.3, -0.25) is 9.78 Å². The minimum absolute atomic E-state index is 0.0658. The van der Waals surface area contributed by atoms with Gasteiger partial charge in [0, 0.05) is 38.6 Å². The second-order valence-electron chi connectivity index (χ2n) is 8.52. The number of benzene rings is 2. The van der Waals surface area contributed by atoms with E-state index in [1.165, 1.54) is 17.7 Å². The molecule has 9 heteroatoms. The monoisotopic (exact) mass is 484 g/mol. The Hall–Kier alpha value is -3.59. The fraction of sp³-hybridized carbons (Fsp3) is 0.308. The highest BCUT2D eigenvalue weighted by Crippen LogP contribution is 2.29. The van der Waals surface area contributed by atoms with Gasteiger partial charge in [-0.2, -0.15) is 0 Å². The number of nitrogens with one attached hydrogen (secondary N) is 1. The van der Waals surface area contributed by atoms with E-state index in [4.69, 9.17) is 5.73 Å². The van der Waals surface area contributed by atoms with E-state index in [0.29, 0.717) is 43.3 Å². The molecule has 0 atom stereocenters. The number of carbonyl (C=O) groups excluding carboxylic acids is 1. The van der Waals surface area contributed by atoms with Crippen molar-refractivity contribution in [3.05, 3.63) is 89.2 Å². The number of alkyl halides is 3. The summed E-state index contributed by atoms with van der Waals surface area (Å²) in [4.78, 5) is 19.1. The van der Waals surface area contributed by atoms with E-state index in [0.717, 1.165) is 24.0 Å². The van der Waals surface area contributed by atoms with Crippen molar-refractivity contribution >= 4 is 11.6 Å². The van der Waals surface area contributed by atoms with E-state index < -0.39 is 6.36 Å². The van der Waals surface area contributed by atoms with Gasteiger partial charge in [0.1, 0.15) is 5.75 Å². The van der Waals surface area contributed by atoms with Crippen molar-refractivity contribution in [2.24, 2.45) is 5.73 Å². The van der Waals surface area contributed by atoms with Gasteiger partial charge < -0.3 is 20.7 Å². The van der Waals surface area contributed by atoms with Crippen LogP contribution in [0.5, 0.6) is 5.75 Å². The third-order valence-corrected chi connectivity index (χ3v) is 6.08. The zero-order valence-electron chi connectivity index (χ0n) is 19.1. The third kappa shape index (κ3) is 6.73. The number of piperidine rings is 1. The van der Waals surface area contributed by atoms with Crippen LogP contribution in [-0.2, 0) is 13.1 Å². The summed E-state index contributed by atoms with van der Waals surface area (Å²) in [5.74, 6) is 0.0694. The van der Waals surface area contributed by atoms with Crippen LogP contribution in [0.2, 0.25) is 0 Å². The highest BCUT2D eigenvalue weighted by Gasteiger charge is 2.31. The standard InChI is InChI=1S/C26H27F3N4O2/c27-26(28,29)35-24-6-4-18(5-7-24)15-32-23-13-22(16-31-17-23)25(34)33-10-8-20(9-11-33)21-3-1-2-19(12-21)14-30/h1-7,12-13,16-17,20,32H,8-11,14-15,30H2. The Balaban J connectivity index is 1.32. The Kier molecular flexibility index (Phi) is 7.55. The van der Waals surface area contributed by atoms with E-state index in [1.54, 1.807) is 30.6 Å². The summed E-state index contributed by atoms with van der Waals surface area (Å²) in [6.07, 6.45) is 0.212. The number of anilines is 1. The van der Waals surface area contributed by atoms with Crippen LogP contribution >= 0.6 is 0 Å². The molecule has 0 saturated carbocycles. The van der Waals surface area contributed by atoms with Crippen LogP contribution in [0.15, 0.2) is 67.0 Å². The Morgan fingerprint density at radius 3 is 2.49 bits per heavy atom. The molecule has 3 aromatic rings. The number of pyridine rings is 1. The number of hydrogen-bond acceptors (Lipinski definition) is 5. The number of carbonyl (C=O) groups is 1. The van der Waals surface area contributed by atoms with Crippen molar-refractivity contribution in [2.75, 3.05) is 18.4 Å². The topological polar surface area (TPSA) is 80.5 Å². The van der Waals surface area contributed by atoms with E-state index in [-0.39, 0.29) is 11.7 Å². The molecule has 3 N–H and O–H groups in total. The summed E-state index contributed by atoms with van der Waals surface area (Å²) in [7, 11) is 0. The summed E-state index contributed by atoms with van der Waals surface area (Å²) in [6.45, 7) is 2.21. The Morgan fingerprint density at radius 1 is 1.06 bits per heavy atom. The number of nitrogens with zero attached hydrogens (tertiary/aromatic N) is 2. The van der Waals surface area contributed by atoms with Gasteiger partial charge in [0.05, 0.1) is 11.3 Å². The average molecular weight is 485 g/mol. The minimum Gasteiger partial charge on any atom is -0.406 e. The zero-order chi connectivity index (χ0) is 24.8. The van der Waals surface area contributed by atoms with E-state index in [1.807, 2.05) is 17.0 Å². The quantitative estimate of drug-likeness (QED) is 0.490. The SMILES string of the molecule is NCc1cccc(C2CCN(C(=O)c3cncc(NCc4ccc(OC(F)(F)F)cc4)c3)CC2)c1. The Labute approximate surface area is 201 Å². The van der Waals surface area contributed by atoms with Crippen LogP contribution in [0.25, 0.3) is 0 Å². The molecule has 1 aromatic heterocycles. The first kappa shape index (κ1) is 24.5. The maximum atomic E-state index is 13.1. The molecule has 0 unspecified atom stereocenters. The highest BCUT2D eigenvalue weighted by molar-refractivity contribution is 5.94. The van der Waals surface area contributed by atoms with Gasteiger partial charge in [-0.25, -0.2) is 0 Å².